The van der Waals surface area contributed by atoms with E-state index in [4.69, 9.17) is 11.6 Å². The molecule has 0 aromatic heterocycles. The number of allylic oxidation sites excluding steroid dienone is 2. The molecule has 0 N–H and O–H groups in total. The molecule has 0 atom stereocenters. The molecule has 1 aliphatic heterocycles. The third kappa shape index (κ3) is 3.36. The first kappa shape index (κ1) is 17.0. The van der Waals surface area contributed by atoms with Crippen LogP contribution in [0.4, 0.5) is 0 Å². The van der Waals surface area contributed by atoms with E-state index >= 15 is 0 Å². The third-order valence-corrected chi connectivity index (χ3v) is 23.6. The molecule has 3 rings (SSSR count). The molecule has 0 aliphatic carbocycles. The van der Waals surface area contributed by atoms with Crippen LogP contribution in [0.5, 0.6) is 0 Å². The summed E-state index contributed by atoms with van der Waals surface area (Å²) in [5.41, 5.74) is 2.48. The molecule has 0 amide bonds. The van der Waals surface area contributed by atoms with Crippen molar-refractivity contribution in [3.05, 3.63) is 75.4 Å². The van der Waals surface area contributed by atoms with Gasteiger partial charge in [-0.3, -0.25) is 0 Å². The number of hydrogen-bond acceptors (Lipinski definition) is 0. The van der Waals surface area contributed by atoms with Gasteiger partial charge < -0.3 is 0 Å². The fourth-order valence-corrected chi connectivity index (χ4v) is 25.9. The van der Waals surface area contributed by atoms with Crippen molar-refractivity contribution in [1.29, 1.82) is 0 Å². The summed E-state index contributed by atoms with van der Waals surface area (Å²) < 4.78 is 4.35. The Balaban J connectivity index is 2.10. The Labute approximate surface area is 166 Å². The molecule has 0 fully saturated rings. The SMILES string of the molecule is Cl/C(=C\C1=C(I)c2ccccc2[Te]1(I)I)c1ccccc1. The van der Waals surface area contributed by atoms with Crippen molar-refractivity contribution < 1.29 is 0 Å². The van der Waals surface area contributed by atoms with Crippen LogP contribution in [0.1, 0.15) is 11.1 Å². The molecule has 0 bridgehead atoms. The van der Waals surface area contributed by atoms with Crippen molar-refractivity contribution in [3.63, 3.8) is 0 Å². The first-order chi connectivity index (χ1) is 10.0. The van der Waals surface area contributed by atoms with Crippen LogP contribution in [0.25, 0.3) is 8.61 Å². The van der Waals surface area contributed by atoms with Gasteiger partial charge in [0.05, 0.1) is 0 Å². The minimum absolute atomic E-state index is 0.830. The van der Waals surface area contributed by atoms with Gasteiger partial charge in [0.25, 0.3) is 0 Å². The van der Waals surface area contributed by atoms with E-state index in [0.29, 0.717) is 0 Å². The molecule has 0 radical (unpaired) electrons. The average Bonchev–Trinajstić information content (AvgIpc) is 2.70. The number of benzene rings is 2. The van der Waals surface area contributed by atoms with Gasteiger partial charge in [-0.1, -0.05) is 0 Å². The molecule has 0 nitrogen and oxygen atoms in total. The van der Waals surface area contributed by atoms with Gasteiger partial charge in [-0.2, -0.15) is 0 Å². The zero-order valence-corrected chi connectivity index (χ0v) is 20.3. The molecular weight excluding hydrogens is 736 g/mol. The Morgan fingerprint density at radius 1 is 0.952 bits per heavy atom. The molecule has 0 spiro atoms. The molecule has 21 heavy (non-hydrogen) atoms. The Morgan fingerprint density at radius 2 is 1.57 bits per heavy atom. The van der Waals surface area contributed by atoms with Gasteiger partial charge in [-0.25, -0.2) is 0 Å². The predicted molar refractivity (Wildman–Crippen MR) is 121 cm³/mol. The molecule has 108 valence electrons. The number of fused-ring (bicyclic) bond motifs is 1. The quantitative estimate of drug-likeness (QED) is 0.255. The maximum absolute atomic E-state index is 6.57. The molecule has 2 aromatic rings. The average molecular weight is 746 g/mol. The van der Waals surface area contributed by atoms with E-state index in [1.807, 2.05) is 18.2 Å². The van der Waals surface area contributed by atoms with E-state index in [0.717, 1.165) is 10.6 Å². The fourth-order valence-electron chi connectivity index (χ4n) is 2.17. The molecule has 5 heteroatoms. The summed E-state index contributed by atoms with van der Waals surface area (Å²) in [7, 11) is -2.30. The second-order valence-corrected chi connectivity index (χ2v) is 40.2. The topological polar surface area (TPSA) is 0 Å². The summed E-state index contributed by atoms with van der Waals surface area (Å²) in [6, 6.07) is 19.0. The number of hydrogen-bond donors (Lipinski definition) is 0. The van der Waals surface area contributed by atoms with Crippen molar-refractivity contribution >= 4 is 94.1 Å². The Bertz CT molecular complexity index is 751. The van der Waals surface area contributed by atoms with Gasteiger partial charge in [-0.15, -0.1) is 0 Å². The number of rotatable bonds is 2. The second-order valence-electron chi connectivity index (χ2n) is 4.50. The molecule has 0 saturated carbocycles. The van der Waals surface area contributed by atoms with Crippen molar-refractivity contribution in [2.45, 2.75) is 0 Å². The summed E-state index contributed by atoms with van der Waals surface area (Å²) in [4.78, 5) is 0. The third-order valence-electron chi connectivity index (χ3n) is 3.20. The van der Waals surface area contributed by atoms with Crippen LogP contribution < -0.4 is 3.61 Å². The van der Waals surface area contributed by atoms with Crippen LogP contribution >= 0.6 is 71.6 Å². The van der Waals surface area contributed by atoms with Crippen molar-refractivity contribution in [1.82, 2.24) is 0 Å². The van der Waals surface area contributed by atoms with Crippen LogP contribution in [-0.4, -0.2) is 10.3 Å². The van der Waals surface area contributed by atoms with Gasteiger partial charge in [0, 0.05) is 0 Å². The van der Waals surface area contributed by atoms with Crippen molar-refractivity contribution in [2.24, 2.45) is 0 Å². The molecule has 2 aromatic carbocycles. The van der Waals surface area contributed by atoms with Gasteiger partial charge in [0.15, 0.2) is 0 Å². The van der Waals surface area contributed by atoms with Gasteiger partial charge in [0.1, 0.15) is 0 Å². The van der Waals surface area contributed by atoms with E-state index < -0.39 is 10.3 Å². The van der Waals surface area contributed by atoms with E-state index in [-0.39, 0.29) is 0 Å². The summed E-state index contributed by atoms with van der Waals surface area (Å²) in [6.07, 6.45) is 2.19. The Hall–Kier alpha value is 1.19. The Kier molecular flexibility index (Phi) is 5.66. The second kappa shape index (κ2) is 6.98. The summed E-state index contributed by atoms with van der Waals surface area (Å²) in [5, 5.41) is 0.830. The summed E-state index contributed by atoms with van der Waals surface area (Å²) >= 11 is 14.4. The maximum atomic E-state index is 6.57. The summed E-state index contributed by atoms with van der Waals surface area (Å²) in [6.45, 7) is 0. The van der Waals surface area contributed by atoms with E-state index in [2.05, 4.69) is 102 Å². The minimum atomic E-state index is -2.30. The van der Waals surface area contributed by atoms with Gasteiger partial charge >= 0.3 is 170 Å². The molecule has 0 saturated heterocycles. The number of halogens is 4. The first-order valence-corrected chi connectivity index (χ1v) is 23.5. The zero-order chi connectivity index (χ0) is 15.0. The first-order valence-electron chi connectivity index (χ1n) is 6.16. The molecular formula is C16H10ClI3Te. The van der Waals surface area contributed by atoms with Crippen LogP contribution in [0, 0.1) is 0 Å². The fraction of sp³-hybridized carbons (Fsp3) is 0. The van der Waals surface area contributed by atoms with E-state index in [1.165, 1.54) is 16.4 Å². The standard InChI is InChI=1S/C16H10ClI3Te/c17-13(11-6-2-1-3-7-11)10-15-16(18)12-8-4-5-9-14(12)21(15,19)20/h1-10H/b13-10-. The monoisotopic (exact) mass is 748 g/mol. The molecule has 0 unspecified atom stereocenters. The van der Waals surface area contributed by atoms with Crippen molar-refractivity contribution in [3.8, 4) is 0 Å². The van der Waals surface area contributed by atoms with Crippen LogP contribution in [0.15, 0.2) is 64.3 Å². The molecule has 1 aliphatic rings. The van der Waals surface area contributed by atoms with Crippen molar-refractivity contribution in [2.75, 3.05) is 0 Å². The van der Waals surface area contributed by atoms with E-state index in [1.54, 1.807) is 0 Å². The van der Waals surface area contributed by atoms with Gasteiger partial charge in [-0.05, 0) is 0 Å². The zero-order valence-electron chi connectivity index (χ0n) is 10.7. The van der Waals surface area contributed by atoms with Gasteiger partial charge in [0.2, 0.25) is 0 Å². The summed E-state index contributed by atoms with van der Waals surface area (Å²) in [5.74, 6) is 0. The molecule has 1 heterocycles. The van der Waals surface area contributed by atoms with Crippen LogP contribution in [0.3, 0.4) is 0 Å². The van der Waals surface area contributed by atoms with Crippen LogP contribution in [0.2, 0.25) is 0 Å². The van der Waals surface area contributed by atoms with E-state index in [9.17, 15) is 0 Å². The normalized spacial score (nSPS) is 18.6. The Morgan fingerprint density at radius 3 is 2.24 bits per heavy atom. The van der Waals surface area contributed by atoms with Crippen LogP contribution in [-0.2, 0) is 0 Å². The predicted octanol–water partition coefficient (Wildman–Crippen LogP) is 6.18.